The third kappa shape index (κ3) is 4.46. The summed E-state index contributed by atoms with van der Waals surface area (Å²) in [7, 11) is -3.25. The first kappa shape index (κ1) is 19.5. The van der Waals surface area contributed by atoms with Gasteiger partial charge in [-0.25, -0.2) is 13.1 Å². The van der Waals surface area contributed by atoms with Crippen molar-refractivity contribution in [3.63, 3.8) is 0 Å². The number of carbonyl (C=O) groups excluding carboxylic acids is 1. The fourth-order valence-corrected chi connectivity index (χ4v) is 5.66. The Balaban J connectivity index is 1.44. The number of anilines is 2. The van der Waals surface area contributed by atoms with E-state index in [1.165, 1.54) is 10.6 Å². The number of aromatic nitrogens is 4. The zero-order valence-electron chi connectivity index (χ0n) is 15.5. The highest BCUT2D eigenvalue weighted by molar-refractivity contribution is 7.92. The number of tetrazole rings is 1. The zero-order valence-corrected chi connectivity index (χ0v) is 17.1. The lowest BCUT2D eigenvalue weighted by Gasteiger charge is -2.28. The molecule has 1 aliphatic rings. The second-order valence-corrected chi connectivity index (χ2v) is 9.55. The lowest BCUT2D eigenvalue weighted by molar-refractivity contribution is -0.116. The van der Waals surface area contributed by atoms with Gasteiger partial charge in [-0.3, -0.25) is 9.10 Å². The summed E-state index contributed by atoms with van der Waals surface area (Å²) in [6.45, 7) is 0.488. The van der Waals surface area contributed by atoms with Gasteiger partial charge < -0.3 is 5.32 Å². The Morgan fingerprint density at radius 2 is 2.03 bits per heavy atom. The van der Waals surface area contributed by atoms with E-state index >= 15 is 0 Å². The average Bonchev–Trinajstić information content (AvgIpc) is 3.41. The van der Waals surface area contributed by atoms with Crippen LogP contribution in [-0.2, 0) is 14.8 Å². The Labute approximate surface area is 172 Å². The molecule has 1 unspecified atom stereocenters. The molecule has 152 valence electrons. The van der Waals surface area contributed by atoms with E-state index in [9.17, 15) is 13.2 Å². The first-order chi connectivity index (χ1) is 14.0. The summed E-state index contributed by atoms with van der Waals surface area (Å²) in [6.07, 6.45) is 3.20. The Morgan fingerprint density at radius 1 is 1.21 bits per heavy atom. The fourth-order valence-electron chi connectivity index (χ4n) is 3.32. The molecular formula is C18H20N6O3S2. The number of hydrogen-bond acceptors (Lipinski definition) is 7. The highest BCUT2D eigenvalue weighted by Gasteiger charge is 2.26. The molecule has 9 nitrogen and oxygen atoms in total. The highest BCUT2D eigenvalue weighted by Crippen LogP contribution is 2.26. The molecule has 0 spiro atoms. The van der Waals surface area contributed by atoms with E-state index in [0.29, 0.717) is 24.3 Å². The van der Waals surface area contributed by atoms with Crippen LogP contribution in [0.2, 0.25) is 0 Å². The Kier molecular flexibility index (Phi) is 5.58. The number of nitrogens with one attached hydrogen (secondary N) is 1. The van der Waals surface area contributed by atoms with Gasteiger partial charge in [0.2, 0.25) is 15.9 Å². The zero-order chi connectivity index (χ0) is 20.3. The first-order valence-corrected chi connectivity index (χ1v) is 11.7. The molecule has 1 saturated heterocycles. The van der Waals surface area contributed by atoms with Crippen molar-refractivity contribution in [3.8, 4) is 0 Å². The van der Waals surface area contributed by atoms with Crippen LogP contribution in [0, 0.1) is 0 Å². The maximum absolute atomic E-state index is 12.6. The van der Waals surface area contributed by atoms with Gasteiger partial charge in [0.15, 0.2) is 0 Å². The van der Waals surface area contributed by atoms with Crippen LogP contribution in [0.5, 0.6) is 0 Å². The van der Waals surface area contributed by atoms with E-state index in [0.717, 1.165) is 12.0 Å². The Hall–Kier alpha value is -2.79. The summed E-state index contributed by atoms with van der Waals surface area (Å²) in [5, 5.41) is 18.0. The largest absolute Gasteiger partial charge is 0.326 e. The van der Waals surface area contributed by atoms with Crippen LogP contribution in [-0.4, -0.2) is 46.8 Å². The molecule has 1 amide bonds. The van der Waals surface area contributed by atoms with Crippen LogP contribution in [0.3, 0.4) is 0 Å². The molecule has 1 aliphatic heterocycles. The molecule has 1 atom stereocenters. The van der Waals surface area contributed by atoms with Crippen molar-refractivity contribution in [3.05, 3.63) is 53.0 Å². The molecular weight excluding hydrogens is 412 g/mol. The van der Waals surface area contributed by atoms with Crippen molar-refractivity contribution in [1.29, 1.82) is 0 Å². The van der Waals surface area contributed by atoms with Crippen molar-refractivity contribution in [2.24, 2.45) is 0 Å². The van der Waals surface area contributed by atoms with E-state index in [1.54, 1.807) is 40.3 Å². The van der Waals surface area contributed by atoms with E-state index in [4.69, 9.17) is 0 Å². The van der Waals surface area contributed by atoms with Gasteiger partial charge in [-0.1, -0.05) is 0 Å². The van der Waals surface area contributed by atoms with Gasteiger partial charge in [0.1, 0.15) is 6.33 Å². The van der Waals surface area contributed by atoms with Gasteiger partial charge >= 0.3 is 0 Å². The molecule has 0 saturated carbocycles. The molecule has 11 heteroatoms. The standard InChI is InChI=1S/C18H20N6O3S2/c25-18(11-17(14-7-9-28-12-14)23-13-19-21-22-23)20-15-3-5-16(6-4-15)24-8-1-2-10-29(24,26)27/h3-7,9,12-13,17H,1-2,8,10-11H2,(H,20,25). The molecule has 0 radical (unpaired) electrons. The predicted molar refractivity (Wildman–Crippen MR) is 110 cm³/mol. The first-order valence-electron chi connectivity index (χ1n) is 9.18. The lowest BCUT2D eigenvalue weighted by Crippen LogP contribution is -2.37. The van der Waals surface area contributed by atoms with Crippen LogP contribution >= 0.6 is 11.3 Å². The summed E-state index contributed by atoms with van der Waals surface area (Å²) in [6, 6.07) is 8.51. The number of carbonyl (C=O) groups is 1. The second kappa shape index (κ2) is 8.29. The molecule has 29 heavy (non-hydrogen) atoms. The number of benzene rings is 1. The average molecular weight is 433 g/mol. The van der Waals surface area contributed by atoms with Gasteiger partial charge in [0.05, 0.1) is 23.9 Å². The van der Waals surface area contributed by atoms with Crippen LogP contribution in [0.15, 0.2) is 47.4 Å². The molecule has 0 aliphatic carbocycles. The molecule has 1 aromatic carbocycles. The maximum Gasteiger partial charge on any atom is 0.235 e. The van der Waals surface area contributed by atoms with Crippen molar-refractivity contribution < 1.29 is 13.2 Å². The van der Waals surface area contributed by atoms with Crippen LogP contribution in [0.25, 0.3) is 0 Å². The summed E-state index contributed by atoms with van der Waals surface area (Å²) < 4.78 is 27.5. The number of sulfonamides is 1. The normalized spacial score (nSPS) is 17.0. The minimum Gasteiger partial charge on any atom is -0.326 e. The third-order valence-electron chi connectivity index (χ3n) is 4.78. The van der Waals surface area contributed by atoms with Gasteiger partial charge in [-0.05, 0) is 69.9 Å². The monoisotopic (exact) mass is 432 g/mol. The lowest BCUT2D eigenvalue weighted by atomic mass is 10.1. The van der Waals surface area contributed by atoms with E-state index in [-0.39, 0.29) is 24.1 Å². The SMILES string of the molecule is O=C(CC(c1ccsc1)n1cnnn1)Nc1ccc(N2CCCCS2(=O)=O)cc1. The second-order valence-electron chi connectivity index (χ2n) is 6.76. The number of hydrogen-bond donors (Lipinski definition) is 1. The fraction of sp³-hybridized carbons (Fsp3) is 0.333. The summed E-state index contributed by atoms with van der Waals surface area (Å²) in [5.74, 6) is -0.0119. The van der Waals surface area contributed by atoms with Crippen LogP contribution < -0.4 is 9.62 Å². The quantitative estimate of drug-likeness (QED) is 0.640. The van der Waals surface area contributed by atoms with Crippen molar-refractivity contribution >= 4 is 38.6 Å². The molecule has 0 bridgehead atoms. The maximum atomic E-state index is 12.6. The van der Waals surface area contributed by atoms with Gasteiger partial charge in [0.25, 0.3) is 0 Å². The molecule has 3 aromatic rings. The molecule has 2 aromatic heterocycles. The Bertz CT molecular complexity index is 1020. The van der Waals surface area contributed by atoms with Crippen molar-refractivity contribution in [1.82, 2.24) is 20.2 Å². The highest BCUT2D eigenvalue weighted by atomic mass is 32.2. The third-order valence-corrected chi connectivity index (χ3v) is 7.35. The smallest absolute Gasteiger partial charge is 0.235 e. The minimum atomic E-state index is -3.25. The summed E-state index contributed by atoms with van der Waals surface area (Å²) in [5.41, 5.74) is 2.18. The van der Waals surface area contributed by atoms with Crippen molar-refractivity contribution in [2.75, 3.05) is 21.9 Å². The van der Waals surface area contributed by atoms with Crippen molar-refractivity contribution in [2.45, 2.75) is 25.3 Å². The molecule has 4 rings (SSSR count). The number of thiophene rings is 1. The number of amides is 1. The van der Waals surface area contributed by atoms with E-state index in [2.05, 4.69) is 20.8 Å². The van der Waals surface area contributed by atoms with Gasteiger partial charge in [0, 0.05) is 12.2 Å². The Morgan fingerprint density at radius 3 is 2.69 bits per heavy atom. The topological polar surface area (TPSA) is 110 Å². The van der Waals surface area contributed by atoms with E-state index in [1.807, 2.05) is 16.8 Å². The summed E-state index contributed by atoms with van der Waals surface area (Å²) in [4.78, 5) is 12.6. The minimum absolute atomic E-state index is 0.171. The number of nitrogens with zero attached hydrogens (tertiary/aromatic N) is 5. The summed E-state index contributed by atoms with van der Waals surface area (Å²) >= 11 is 1.54. The van der Waals surface area contributed by atoms with Gasteiger partial charge in [-0.15, -0.1) is 5.10 Å². The van der Waals surface area contributed by atoms with E-state index < -0.39 is 10.0 Å². The predicted octanol–water partition coefficient (Wildman–Crippen LogP) is 2.28. The molecule has 3 heterocycles. The number of rotatable bonds is 6. The van der Waals surface area contributed by atoms with Crippen LogP contribution in [0.1, 0.15) is 30.9 Å². The molecule has 1 N–H and O–H groups in total. The van der Waals surface area contributed by atoms with Gasteiger partial charge in [-0.2, -0.15) is 11.3 Å². The molecule has 1 fully saturated rings. The van der Waals surface area contributed by atoms with Crippen LogP contribution in [0.4, 0.5) is 11.4 Å².